The summed E-state index contributed by atoms with van der Waals surface area (Å²) in [6, 6.07) is 10.8. The van der Waals surface area contributed by atoms with Crippen molar-refractivity contribution in [2.75, 3.05) is 6.61 Å². The third-order valence-corrected chi connectivity index (χ3v) is 16.8. The van der Waals surface area contributed by atoms with E-state index in [0.29, 0.717) is 18.2 Å². The zero-order valence-corrected chi connectivity index (χ0v) is 25.4. The molecule has 0 fully saturated rings. The Morgan fingerprint density at radius 2 is 1.53 bits per heavy atom. The Hall–Kier alpha value is -2.21. The standard InChI is InChI=1S/C27H42N2O5Si2/c1-26(2,3)35(7,8)32-18-22-21(34-36(9,10)27(4,5)6)17-24(33-22)29-20(16-23(30)28-25(29)31)19-14-12-11-13-15-19/h11-17,21-22H,18H2,1-10H3,(H,28,30,31)/t21-,22+/m0/s1. The number of aromatic nitrogens is 2. The van der Waals surface area contributed by atoms with E-state index in [-0.39, 0.29) is 16.2 Å². The quantitative estimate of drug-likeness (QED) is 0.457. The van der Waals surface area contributed by atoms with Crippen LogP contribution in [-0.4, -0.2) is 45.0 Å². The van der Waals surface area contributed by atoms with E-state index in [1.807, 2.05) is 36.4 Å². The highest BCUT2D eigenvalue weighted by Crippen LogP contribution is 2.41. The monoisotopic (exact) mass is 530 g/mol. The lowest BCUT2D eigenvalue weighted by molar-refractivity contribution is 0.0340. The number of aromatic amines is 1. The molecule has 0 unspecified atom stereocenters. The van der Waals surface area contributed by atoms with Gasteiger partial charge in [0.2, 0.25) is 5.88 Å². The van der Waals surface area contributed by atoms with Gasteiger partial charge in [-0.15, -0.1) is 0 Å². The third kappa shape index (κ3) is 6.02. The first-order chi connectivity index (χ1) is 16.4. The molecule has 36 heavy (non-hydrogen) atoms. The van der Waals surface area contributed by atoms with Crippen LogP contribution in [-0.2, 0) is 13.6 Å². The van der Waals surface area contributed by atoms with Crippen LogP contribution in [0, 0.1) is 0 Å². The number of rotatable bonds is 7. The fourth-order valence-electron chi connectivity index (χ4n) is 3.43. The Labute approximate surface area is 216 Å². The fourth-order valence-corrected chi connectivity index (χ4v) is 5.70. The molecule has 1 aliphatic heterocycles. The van der Waals surface area contributed by atoms with Crippen LogP contribution in [0.5, 0.6) is 0 Å². The van der Waals surface area contributed by atoms with Crippen molar-refractivity contribution < 1.29 is 13.6 Å². The lowest BCUT2D eigenvalue weighted by Gasteiger charge is -2.40. The highest BCUT2D eigenvalue weighted by Gasteiger charge is 2.45. The van der Waals surface area contributed by atoms with Gasteiger partial charge in [0.25, 0.3) is 5.56 Å². The summed E-state index contributed by atoms with van der Waals surface area (Å²) in [5.41, 5.74) is 0.200. The summed E-state index contributed by atoms with van der Waals surface area (Å²) < 4.78 is 21.1. The van der Waals surface area contributed by atoms with Crippen molar-refractivity contribution >= 4 is 22.5 Å². The minimum atomic E-state index is -2.17. The predicted molar refractivity (Wildman–Crippen MR) is 151 cm³/mol. The van der Waals surface area contributed by atoms with Gasteiger partial charge in [0.1, 0.15) is 6.10 Å². The van der Waals surface area contributed by atoms with Crippen LogP contribution in [0.15, 0.2) is 52.1 Å². The molecule has 0 aliphatic carbocycles. The summed E-state index contributed by atoms with van der Waals surface area (Å²) in [6.07, 6.45) is 1.07. The van der Waals surface area contributed by atoms with Crippen molar-refractivity contribution in [1.82, 2.24) is 9.55 Å². The van der Waals surface area contributed by atoms with Crippen LogP contribution in [0.1, 0.15) is 41.5 Å². The van der Waals surface area contributed by atoms with Gasteiger partial charge in [0, 0.05) is 12.1 Å². The van der Waals surface area contributed by atoms with Crippen molar-refractivity contribution in [3.05, 3.63) is 63.3 Å². The highest BCUT2D eigenvalue weighted by atomic mass is 28.4. The molecule has 1 N–H and O–H groups in total. The molecular formula is C27H42N2O5Si2. The summed E-state index contributed by atoms with van der Waals surface area (Å²) in [5.74, 6) is 0.350. The Morgan fingerprint density at radius 1 is 0.944 bits per heavy atom. The zero-order chi connectivity index (χ0) is 27.1. The molecule has 0 spiro atoms. The number of benzene rings is 1. The maximum absolute atomic E-state index is 13.1. The molecule has 2 aromatic rings. The number of hydrogen-bond donors (Lipinski definition) is 1. The second-order valence-electron chi connectivity index (χ2n) is 12.6. The first-order valence-corrected chi connectivity index (χ1v) is 18.4. The highest BCUT2D eigenvalue weighted by molar-refractivity contribution is 6.74. The molecule has 0 saturated carbocycles. The van der Waals surface area contributed by atoms with Crippen LogP contribution in [0.25, 0.3) is 17.1 Å². The van der Waals surface area contributed by atoms with E-state index in [4.69, 9.17) is 13.6 Å². The molecule has 7 nitrogen and oxygen atoms in total. The van der Waals surface area contributed by atoms with E-state index in [1.54, 1.807) is 0 Å². The molecule has 1 aromatic carbocycles. The van der Waals surface area contributed by atoms with Crippen molar-refractivity contribution in [3.8, 4) is 11.3 Å². The van der Waals surface area contributed by atoms with Gasteiger partial charge in [-0.05, 0) is 41.8 Å². The molecule has 0 radical (unpaired) electrons. The summed E-state index contributed by atoms with van der Waals surface area (Å²) in [4.78, 5) is 27.7. The van der Waals surface area contributed by atoms with Gasteiger partial charge in [0.15, 0.2) is 22.7 Å². The van der Waals surface area contributed by atoms with E-state index >= 15 is 0 Å². The summed E-state index contributed by atoms with van der Waals surface area (Å²) in [5, 5.41) is 0.0480. The number of ether oxygens (including phenoxy) is 1. The predicted octanol–water partition coefficient (Wildman–Crippen LogP) is 5.81. The molecule has 198 valence electrons. The molecular weight excluding hydrogens is 488 g/mol. The van der Waals surface area contributed by atoms with Gasteiger partial charge in [-0.25, -0.2) is 9.36 Å². The van der Waals surface area contributed by atoms with Gasteiger partial charge in [-0.1, -0.05) is 71.9 Å². The lowest BCUT2D eigenvalue weighted by Crippen LogP contribution is -2.48. The van der Waals surface area contributed by atoms with Crippen LogP contribution in [0.2, 0.25) is 36.3 Å². The molecule has 3 rings (SSSR count). The van der Waals surface area contributed by atoms with Crippen molar-refractivity contribution in [2.45, 2.75) is 90.0 Å². The Kier molecular flexibility index (Phi) is 7.82. The maximum atomic E-state index is 13.1. The van der Waals surface area contributed by atoms with Gasteiger partial charge in [-0.2, -0.15) is 0 Å². The number of nitrogens with zero attached hydrogens (tertiary/aromatic N) is 1. The van der Waals surface area contributed by atoms with Gasteiger partial charge < -0.3 is 13.6 Å². The van der Waals surface area contributed by atoms with Crippen molar-refractivity contribution in [3.63, 3.8) is 0 Å². The number of hydrogen-bond acceptors (Lipinski definition) is 5. The molecule has 0 bridgehead atoms. The maximum Gasteiger partial charge on any atom is 0.335 e. The summed E-state index contributed by atoms with van der Waals surface area (Å²) in [7, 11) is -4.21. The van der Waals surface area contributed by atoms with Crippen molar-refractivity contribution in [2.24, 2.45) is 0 Å². The third-order valence-electron chi connectivity index (χ3n) is 7.83. The molecule has 0 amide bonds. The summed E-state index contributed by atoms with van der Waals surface area (Å²) >= 11 is 0. The largest absolute Gasteiger partial charge is 0.470 e. The minimum absolute atomic E-state index is 0.00154. The smallest absolute Gasteiger partial charge is 0.335 e. The van der Waals surface area contributed by atoms with Crippen LogP contribution >= 0.6 is 0 Å². The second kappa shape index (κ2) is 9.92. The van der Waals surface area contributed by atoms with Gasteiger partial charge in [0.05, 0.1) is 12.3 Å². The molecule has 2 heterocycles. The van der Waals surface area contributed by atoms with Gasteiger partial charge >= 0.3 is 5.69 Å². The van der Waals surface area contributed by atoms with E-state index in [0.717, 1.165) is 5.56 Å². The molecule has 9 heteroatoms. The molecule has 0 saturated heterocycles. The normalized spacial score (nSPS) is 19.2. The zero-order valence-electron chi connectivity index (χ0n) is 23.4. The van der Waals surface area contributed by atoms with Gasteiger partial charge in [-0.3, -0.25) is 9.78 Å². The minimum Gasteiger partial charge on any atom is -0.470 e. The average molecular weight is 531 g/mol. The SMILES string of the molecule is CC(C)(C)[Si](C)(C)OC[C@H]1OC(n2c(-c3ccccc3)cc(=O)[nH]c2=O)=C[C@@H]1O[Si](C)(C)C(C)(C)C. The van der Waals surface area contributed by atoms with E-state index in [1.165, 1.54) is 10.6 Å². The fraction of sp³-hybridized carbons (Fsp3) is 0.556. The molecule has 1 aromatic heterocycles. The molecule has 2 atom stereocenters. The topological polar surface area (TPSA) is 82.5 Å². The lowest BCUT2D eigenvalue weighted by atomic mass is 10.1. The Balaban J connectivity index is 2.05. The number of H-pyrrole nitrogens is 1. The summed E-state index contributed by atoms with van der Waals surface area (Å²) in [6.45, 7) is 22.4. The van der Waals surface area contributed by atoms with Crippen LogP contribution < -0.4 is 11.2 Å². The Bertz CT molecular complexity index is 1220. The first-order valence-electron chi connectivity index (χ1n) is 12.6. The van der Waals surface area contributed by atoms with E-state index < -0.39 is 34.0 Å². The van der Waals surface area contributed by atoms with E-state index in [9.17, 15) is 9.59 Å². The van der Waals surface area contributed by atoms with Crippen molar-refractivity contribution in [1.29, 1.82) is 0 Å². The van der Waals surface area contributed by atoms with Crippen LogP contribution in [0.4, 0.5) is 0 Å². The first kappa shape index (κ1) is 28.4. The number of nitrogens with one attached hydrogen (secondary N) is 1. The second-order valence-corrected chi connectivity index (χ2v) is 22.2. The average Bonchev–Trinajstić information content (AvgIpc) is 3.12. The van der Waals surface area contributed by atoms with Crippen LogP contribution in [0.3, 0.4) is 0 Å². The van der Waals surface area contributed by atoms with E-state index in [2.05, 4.69) is 72.7 Å². The molecule has 1 aliphatic rings. The Morgan fingerprint density at radius 3 is 2.08 bits per heavy atom.